The predicted octanol–water partition coefficient (Wildman–Crippen LogP) is 3.16. The van der Waals surface area contributed by atoms with Crippen LogP contribution in [0.3, 0.4) is 0 Å². The molecule has 18 heavy (non-hydrogen) atoms. The number of ether oxygens (including phenoxy) is 2. The highest BCUT2D eigenvalue weighted by Gasteiger charge is 2.10. The van der Waals surface area contributed by atoms with Crippen molar-refractivity contribution >= 4 is 16.5 Å². The Balaban J connectivity index is 2.15. The van der Waals surface area contributed by atoms with Crippen molar-refractivity contribution in [2.24, 2.45) is 0 Å². The highest BCUT2D eigenvalue weighted by Crippen LogP contribution is 2.31. The molecular formula is C13H16N2O2S. The van der Waals surface area contributed by atoms with Crippen LogP contribution in [0.4, 0.5) is 5.13 Å². The van der Waals surface area contributed by atoms with Crippen LogP contribution < -0.4 is 14.8 Å². The molecule has 0 atom stereocenters. The lowest BCUT2D eigenvalue weighted by Crippen LogP contribution is -2.04. The second-order valence-electron chi connectivity index (χ2n) is 3.57. The first kappa shape index (κ1) is 12.7. The molecule has 0 fully saturated rings. The van der Waals surface area contributed by atoms with Gasteiger partial charge in [0.05, 0.1) is 13.7 Å². The van der Waals surface area contributed by atoms with E-state index < -0.39 is 0 Å². The highest BCUT2D eigenvalue weighted by molar-refractivity contribution is 7.13. The fraction of sp³-hybridized carbons (Fsp3) is 0.308. The van der Waals surface area contributed by atoms with E-state index in [0.29, 0.717) is 13.2 Å². The molecule has 0 radical (unpaired) electrons. The zero-order valence-corrected chi connectivity index (χ0v) is 11.3. The maximum Gasteiger partial charge on any atom is 0.182 e. The lowest BCUT2D eigenvalue weighted by Gasteiger charge is -2.14. The molecule has 1 aromatic heterocycles. The molecule has 0 aliphatic rings. The highest BCUT2D eigenvalue weighted by atomic mass is 32.1. The Kier molecular flexibility index (Phi) is 4.41. The summed E-state index contributed by atoms with van der Waals surface area (Å²) in [4.78, 5) is 4.18. The zero-order valence-electron chi connectivity index (χ0n) is 10.5. The third-order valence-electron chi connectivity index (χ3n) is 2.43. The summed E-state index contributed by atoms with van der Waals surface area (Å²) in [6, 6.07) is 5.88. The number of nitrogens with one attached hydrogen (secondary N) is 1. The van der Waals surface area contributed by atoms with Crippen LogP contribution in [-0.2, 0) is 6.54 Å². The number of rotatable bonds is 6. The van der Waals surface area contributed by atoms with Gasteiger partial charge in [0.25, 0.3) is 0 Å². The fourth-order valence-electron chi connectivity index (χ4n) is 1.65. The first-order chi connectivity index (χ1) is 8.85. The number of thiazole rings is 1. The summed E-state index contributed by atoms with van der Waals surface area (Å²) in [5.74, 6) is 1.56. The van der Waals surface area contributed by atoms with Crippen LogP contribution in [0.1, 0.15) is 12.5 Å². The SMILES string of the molecule is CCOc1c(CNc2nccs2)cccc1OC. The van der Waals surface area contributed by atoms with Crippen LogP contribution in [0.25, 0.3) is 0 Å². The molecule has 96 valence electrons. The molecule has 0 unspecified atom stereocenters. The maximum absolute atomic E-state index is 5.65. The van der Waals surface area contributed by atoms with E-state index in [1.807, 2.05) is 30.5 Å². The van der Waals surface area contributed by atoms with Gasteiger partial charge in [0, 0.05) is 23.7 Å². The van der Waals surface area contributed by atoms with Crippen LogP contribution in [0, 0.1) is 0 Å². The molecule has 2 aromatic rings. The molecule has 0 aliphatic heterocycles. The third-order valence-corrected chi connectivity index (χ3v) is 3.16. The molecule has 0 bridgehead atoms. The number of para-hydroxylation sites is 1. The Morgan fingerprint density at radius 1 is 1.39 bits per heavy atom. The average molecular weight is 264 g/mol. The molecule has 4 nitrogen and oxygen atoms in total. The summed E-state index contributed by atoms with van der Waals surface area (Å²) < 4.78 is 11.0. The molecule has 5 heteroatoms. The molecule has 1 aromatic carbocycles. The second kappa shape index (κ2) is 6.26. The number of hydrogen-bond acceptors (Lipinski definition) is 5. The number of methoxy groups -OCH3 is 1. The molecule has 1 heterocycles. The quantitative estimate of drug-likeness (QED) is 0.870. The van der Waals surface area contributed by atoms with Gasteiger partial charge in [0.1, 0.15) is 0 Å². The molecule has 1 N–H and O–H groups in total. The van der Waals surface area contributed by atoms with Gasteiger partial charge < -0.3 is 14.8 Å². The lowest BCUT2D eigenvalue weighted by molar-refractivity contribution is 0.308. The van der Waals surface area contributed by atoms with Crippen molar-refractivity contribution in [2.45, 2.75) is 13.5 Å². The van der Waals surface area contributed by atoms with Crippen LogP contribution in [0.15, 0.2) is 29.8 Å². The molecule has 0 amide bonds. The minimum absolute atomic E-state index is 0.616. The van der Waals surface area contributed by atoms with Gasteiger partial charge in [-0.15, -0.1) is 11.3 Å². The van der Waals surface area contributed by atoms with Crippen LogP contribution >= 0.6 is 11.3 Å². The van der Waals surface area contributed by atoms with E-state index in [2.05, 4.69) is 10.3 Å². The van der Waals surface area contributed by atoms with Crippen molar-refractivity contribution in [2.75, 3.05) is 19.0 Å². The Morgan fingerprint density at radius 3 is 2.94 bits per heavy atom. The van der Waals surface area contributed by atoms with E-state index >= 15 is 0 Å². The van der Waals surface area contributed by atoms with E-state index in [1.165, 1.54) is 0 Å². The summed E-state index contributed by atoms with van der Waals surface area (Å²) in [6.07, 6.45) is 1.78. The molecule has 2 rings (SSSR count). The first-order valence-corrected chi connectivity index (χ1v) is 6.65. The summed E-state index contributed by atoms with van der Waals surface area (Å²) >= 11 is 1.58. The van der Waals surface area contributed by atoms with Gasteiger partial charge >= 0.3 is 0 Å². The number of hydrogen-bond donors (Lipinski definition) is 1. The number of benzene rings is 1. The van der Waals surface area contributed by atoms with Crippen molar-refractivity contribution < 1.29 is 9.47 Å². The zero-order chi connectivity index (χ0) is 12.8. The summed E-state index contributed by atoms with van der Waals surface area (Å²) in [5.41, 5.74) is 1.06. The number of aromatic nitrogens is 1. The number of nitrogens with zero attached hydrogens (tertiary/aromatic N) is 1. The standard InChI is InChI=1S/C13H16N2O2S/c1-3-17-12-10(5-4-6-11(12)16-2)9-15-13-14-7-8-18-13/h4-8H,3,9H2,1-2H3,(H,14,15). The van der Waals surface area contributed by atoms with Gasteiger partial charge in [0.2, 0.25) is 0 Å². The molecule has 0 saturated heterocycles. The van der Waals surface area contributed by atoms with Gasteiger partial charge in [-0.2, -0.15) is 0 Å². The Bertz CT molecular complexity index is 486. The smallest absolute Gasteiger partial charge is 0.182 e. The van der Waals surface area contributed by atoms with Crippen molar-refractivity contribution in [3.8, 4) is 11.5 Å². The van der Waals surface area contributed by atoms with Gasteiger partial charge in [-0.05, 0) is 13.0 Å². The topological polar surface area (TPSA) is 43.4 Å². The molecule has 0 saturated carbocycles. The Morgan fingerprint density at radius 2 is 2.28 bits per heavy atom. The largest absolute Gasteiger partial charge is 0.493 e. The van der Waals surface area contributed by atoms with E-state index in [0.717, 1.165) is 22.2 Å². The fourth-order valence-corrected chi connectivity index (χ4v) is 2.18. The molecule has 0 aliphatic carbocycles. The Hall–Kier alpha value is -1.75. The summed E-state index contributed by atoms with van der Waals surface area (Å²) in [5, 5.41) is 6.11. The van der Waals surface area contributed by atoms with Gasteiger partial charge in [-0.3, -0.25) is 0 Å². The molecular weight excluding hydrogens is 248 g/mol. The van der Waals surface area contributed by atoms with E-state index in [9.17, 15) is 0 Å². The lowest BCUT2D eigenvalue weighted by atomic mass is 10.2. The van der Waals surface area contributed by atoms with Crippen LogP contribution in [-0.4, -0.2) is 18.7 Å². The third kappa shape index (κ3) is 2.92. The Labute approximate surface area is 111 Å². The predicted molar refractivity (Wildman–Crippen MR) is 73.6 cm³/mol. The minimum atomic E-state index is 0.616. The van der Waals surface area contributed by atoms with Crippen LogP contribution in [0.2, 0.25) is 0 Å². The first-order valence-electron chi connectivity index (χ1n) is 5.77. The van der Waals surface area contributed by atoms with Crippen molar-refractivity contribution in [3.05, 3.63) is 35.3 Å². The monoisotopic (exact) mass is 264 g/mol. The van der Waals surface area contributed by atoms with Crippen molar-refractivity contribution in [3.63, 3.8) is 0 Å². The van der Waals surface area contributed by atoms with Crippen LogP contribution in [0.5, 0.6) is 11.5 Å². The average Bonchev–Trinajstić information content (AvgIpc) is 2.91. The second-order valence-corrected chi connectivity index (χ2v) is 4.47. The maximum atomic E-state index is 5.65. The van der Waals surface area contributed by atoms with Gasteiger partial charge in [-0.25, -0.2) is 4.98 Å². The van der Waals surface area contributed by atoms with Crippen molar-refractivity contribution in [1.29, 1.82) is 0 Å². The van der Waals surface area contributed by atoms with Gasteiger partial charge in [0.15, 0.2) is 16.6 Å². The summed E-state index contributed by atoms with van der Waals surface area (Å²) in [6.45, 7) is 3.25. The number of anilines is 1. The van der Waals surface area contributed by atoms with Crippen molar-refractivity contribution in [1.82, 2.24) is 4.98 Å². The summed E-state index contributed by atoms with van der Waals surface area (Å²) in [7, 11) is 1.65. The normalized spacial score (nSPS) is 10.1. The van der Waals surface area contributed by atoms with Gasteiger partial charge in [-0.1, -0.05) is 12.1 Å². The van der Waals surface area contributed by atoms with E-state index in [4.69, 9.17) is 9.47 Å². The van der Waals surface area contributed by atoms with E-state index in [1.54, 1.807) is 24.6 Å². The van der Waals surface area contributed by atoms with E-state index in [-0.39, 0.29) is 0 Å². The minimum Gasteiger partial charge on any atom is -0.493 e. The molecule has 0 spiro atoms.